The first-order valence-electron chi connectivity index (χ1n) is 13.9. The van der Waals surface area contributed by atoms with E-state index in [0.717, 1.165) is 44.9 Å². The smallest absolute Gasteiger partial charge is 0.309 e. The molecule has 0 aromatic heterocycles. The highest BCUT2D eigenvalue weighted by Crippen LogP contribution is 2.75. The Morgan fingerprint density at radius 3 is 2.31 bits per heavy atom. The maximum atomic E-state index is 13.4. The van der Waals surface area contributed by atoms with Gasteiger partial charge in [-0.25, -0.2) is 0 Å². The van der Waals surface area contributed by atoms with E-state index in [9.17, 15) is 24.9 Å². The molecule has 0 aromatic carbocycles. The number of ketones is 1. The van der Waals surface area contributed by atoms with Gasteiger partial charge in [0.25, 0.3) is 0 Å². The number of carboxylic acids is 1. The second-order valence-corrected chi connectivity index (χ2v) is 14.7. The van der Waals surface area contributed by atoms with Gasteiger partial charge in [0.1, 0.15) is 5.78 Å². The van der Waals surface area contributed by atoms with Crippen molar-refractivity contribution in [2.75, 3.05) is 6.61 Å². The molecule has 0 amide bonds. The van der Waals surface area contributed by atoms with Crippen LogP contribution >= 0.6 is 0 Å². The molecule has 0 saturated heterocycles. The molecule has 5 nitrogen and oxygen atoms in total. The van der Waals surface area contributed by atoms with Crippen LogP contribution in [0.1, 0.15) is 99.3 Å². The van der Waals surface area contributed by atoms with Gasteiger partial charge in [-0.2, -0.15) is 0 Å². The minimum atomic E-state index is -0.996. The predicted molar refractivity (Wildman–Crippen MR) is 134 cm³/mol. The minimum absolute atomic E-state index is 0.0113. The molecule has 4 fully saturated rings. The number of carbonyl (C=O) groups is 2. The Bertz CT molecular complexity index is 987. The van der Waals surface area contributed by atoms with Crippen molar-refractivity contribution in [3.8, 4) is 0 Å². The number of hydrogen-bond acceptors (Lipinski definition) is 4. The molecule has 0 radical (unpaired) electrons. The topological polar surface area (TPSA) is 94.8 Å². The highest BCUT2D eigenvalue weighted by Gasteiger charge is 2.69. The SMILES string of the molecule is C[C@@]1(C(=O)O)CC(=O)[C@]2(C)CC[C@]3(C)C(=CC[C@@H]4[C@@]5(C)CC[C@H](O)[C@@](C)(CO)[C@@H]5CC[C@]43C)[C@@H]2C1. The average molecular weight is 487 g/mol. The van der Waals surface area contributed by atoms with Gasteiger partial charge >= 0.3 is 5.97 Å². The van der Waals surface area contributed by atoms with Crippen LogP contribution in [0.3, 0.4) is 0 Å². The van der Waals surface area contributed by atoms with Crippen molar-refractivity contribution in [3.05, 3.63) is 11.6 Å². The molecule has 3 N–H and O–H groups in total. The molecule has 5 aliphatic carbocycles. The Morgan fingerprint density at radius 2 is 1.69 bits per heavy atom. The van der Waals surface area contributed by atoms with E-state index in [0.29, 0.717) is 12.3 Å². The summed E-state index contributed by atoms with van der Waals surface area (Å²) in [6.07, 6.45) is 9.13. The molecule has 196 valence electrons. The van der Waals surface area contributed by atoms with Crippen LogP contribution in [0.25, 0.3) is 0 Å². The van der Waals surface area contributed by atoms with Gasteiger partial charge in [-0.15, -0.1) is 0 Å². The second-order valence-electron chi connectivity index (χ2n) is 14.7. The molecule has 5 heteroatoms. The molecule has 0 spiro atoms. The van der Waals surface area contributed by atoms with E-state index in [1.165, 1.54) is 5.57 Å². The minimum Gasteiger partial charge on any atom is -0.481 e. The maximum Gasteiger partial charge on any atom is 0.309 e. The zero-order chi connectivity index (χ0) is 25.8. The highest BCUT2D eigenvalue weighted by molar-refractivity contribution is 5.92. The third-order valence-corrected chi connectivity index (χ3v) is 13.3. The van der Waals surface area contributed by atoms with E-state index in [4.69, 9.17) is 0 Å². The zero-order valence-electron chi connectivity index (χ0n) is 22.6. The normalized spacial score (nSPS) is 55.7. The van der Waals surface area contributed by atoms with Crippen LogP contribution in [-0.4, -0.2) is 39.8 Å². The predicted octanol–water partition coefficient (Wildman–Crippen LogP) is 5.39. The van der Waals surface area contributed by atoms with E-state index >= 15 is 0 Å². The molecule has 5 rings (SSSR count). The van der Waals surface area contributed by atoms with Crippen molar-refractivity contribution in [1.82, 2.24) is 0 Å². The summed E-state index contributed by atoms with van der Waals surface area (Å²) in [5.41, 5.74) is -0.566. The summed E-state index contributed by atoms with van der Waals surface area (Å²) in [5, 5.41) is 31.3. The lowest BCUT2D eigenvalue weighted by Crippen LogP contribution is -2.66. The lowest BCUT2D eigenvalue weighted by atomic mass is 9.33. The quantitative estimate of drug-likeness (QED) is 0.455. The molecule has 0 unspecified atom stereocenters. The Hall–Kier alpha value is -1.20. The van der Waals surface area contributed by atoms with Crippen LogP contribution in [-0.2, 0) is 9.59 Å². The van der Waals surface area contributed by atoms with E-state index < -0.39 is 28.3 Å². The number of aliphatic hydroxyl groups is 2. The van der Waals surface area contributed by atoms with Gasteiger partial charge in [-0.05, 0) is 92.3 Å². The van der Waals surface area contributed by atoms with E-state index in [-0.39, 0.29) is 46.9 Å². The number of hydrogen-bond donors (Lipinski definition) is 3. The number of carbonyl (C=O) groups excluding carboxylic acids is 1. The number of aliphatic hydroxyl groups excluding tert-OH is 2. The summed E-state index contributed by atoms with van der Waals surface area (Å²) < 4.78 is 0. The lowest BCUT2D eigenvalue weighted by molar-refractivity contribution is -0.215. The van der Waals surface area contributed by atoms with Gasteiger partial charge < -0.3 is 15.3 Å². The third kappa shape index (κ3) is 2.94. The number of carboxylic acid groups (broad SMARTS) is 1. The van der Waals surface area contributed by atoms with Crippen molar-refractivity contribution in [2.24, 2.45) is 50.2 Å². The van der Waals surface area contributed by atoms with Gasteiger partial charge in [0.05, 0.1) is 18.1 Å². The van der Waals surface area contributed by atoms with E-state index in [1.807, 2.05) is 0 Å². The van der Waals surface area contributed by atoms with Gasteiger partial charge in [0.2, 0.25) is 0 Å². The van der Waals surface area contributed by atoms with Gasteiger partial charge in [-0.3, -0.25) is 9.59 Å². The first kappa shape index (κ1) is 25.4. The fourth-order valence-corrected chi connectivity index (χ4v) is 10.5. The van der Waals surface area contributed by atoms with Crippen LogP contribution in [0.2, 0.25) is 0 Å². The molecule has 35 heavy (non-hydrogen) atoms. The molecule has 0 aliphatic heterocycles. The van der Waals surface area contributed by atoms with Crippen molar-refractivity contribution < 1.29 is 24.9 Å². The van der Waals surface area contributed by atoms with E-state index in [1.54, 1.807) is 6.92 Å². The average Bonchev–Trinajstić information content (AvgIpc) is 2.79. The molecule has 4 saturated carbocycles. The third-order valence-electron chi connectivity index (χ3n) is 13.3. The van der Waals surface area contributed by atoms with Crippen LogP contribution in [0.4, 0.5) is 0 Å². The maximum absolute atomic E-state index is 13.4. The summed E-state index contributed by atoms with van der Waals surface area (Å²) in [5.74, 6) is -0.0127. The summed E-state index contributed by atoms with van der Waals surface area (Å²) >= 11 is 0. The van der Waals surface area contributed by atoms with Crippen molar-refractivity contribution in [3.63, 3.8) is 0 Å². The molecule has 5 aliphatic rings. The Labute approximate surface area is 210 Å². The molecule has 0 bridgehead atoms. The molecule has 0 heterocycles. The van der Waals surface area contributed by atoms with Gasteiger partial charge in [0.15, 0.2) is 0 Å². The van der Waals surface area contributed by atoms with Crippen molar-refractivity contribution in [2.45, 2.75) is 105 Å². The molecular weight excluding hydrogens is 440 g/mol. The molecule has 0 aromatic rings. The number of aliphatic carboxylic acids is 1. The molecular formula is C30H46O5. The van der Waals surface area contributed by atoms with Crippen molar-refractivity contribution >= 4 is 11.8 Å². The van der Waals surface area contributed by atoms with Crippen LogP contribution in [0.15, 0.2) is 11.6 Å². The first-order valence-corrected chi connectivity index (χ1v) is 13.9. The number of Topliss-reactive ketones (excluding diaryl/α,β-unsaturated/α-hetero) is 1. The van der Waals surface area contributed by atoms with Crippen LogP contribution in [0.5, 0.6) is 0 Å². The first-order chi connectivity index (χ1) is 16.1. The Morgan fingerprint density at radius 1 is 1.00 bits per heavy atom. The summed E-state index contributed by atoms with van der Waals surface area (Å²) in [6.45, 7) is 13.3. The van der Waals surface area contributed by atoms with Gasteiger partial charge in [-0.1, -0.05) is 46.3 Å². The zero-order valence-corrected chi connectivity index (χ0v) is 22.6. The summed E-state index contributed by atoms with van der Waals surface area (Å²) in [7, 11) is 0. The number of rotatable bonds is 2. The fourth-order valence-electron chi connectivity index (χ4n) is 10.5. The number of allylic oxidation sites excluding steroid dienone is 2. The second kappa shape index (κ2) is 7.43. The number of fused-ring (bicyclic) bond motifs is 7. The Kier molecular flexibility index (Phi) is 5.40. The molecule has 10 atom stereocenters. The lowest BCUT2D eigenvalue weighted by Gasteiger charge is -2.71. The standard InChI is InChI=1S/C30H46O5/c1-25(24(34)35)15-19-18-7-8-21-27(3)11-10-22(32)28(4,17-31)20(27)9-12-30(21,6)29(18,5)14-13-26(19,2)23(33)16-25/h7,19-22,31-32H,8-17H2,1-6H3,(H,34,35)/t19-,20+,21+,22-,25-,26+,27-,28-,29+,30+/m0/s1. The van der Waals surface area contributed by atoms with E-state index in [2.05, 4.69) is 40.7 Å². The summed E-state index contributed by atoms with van der Waals surface area (Å²) in [6, 6.07) is 0. The van der Waals surface area contributed by atoms with Gasteiger partial charge in [0, 0.05) is 17.3 Å². The van der Waals surface area contributed by atoms with Crippen LogP contribution < -0.4 is 0 Å². The Balaban J connectivity index is 1.59. The summed E-state index contributed by atoms with van der Waals surface area (Å²) in [4.78, 5) is 25.7. The van der Waals surface area contributed by atoms with Crippen LogP contribution in [0, 0.1) is 50.2 Å². The largest absolute Gasteiger partial charge is 0.481 e. The monoisotopic (exact) mass is 486 g/mol. The van der Waals surface area contributed by atoms with Crippen molar-refractivity contribution in [1.29, 1.82) is 0 Å². The fraction of sp³-hybridized carbons (Fsp3) is 0.867. The highest BCUT2D eigenvalue weighted by atomic mass is 16.4.